The fourth-order valence-corrected chi connectivity index (χ4v) is 3.57. The molecule has 0 bridgehead atoms. The second kappa shape index (κ2) is 6.36. The van der Waals surface area contributed by atoms with Crippen LogP contribution >= 0.6 is 0 Å². The van der Waals surface area contributed by atoms with Crippen molar-refractivity contribution < 1.29 is 9.47 Å². The fraction of sp³-hybridized carbons (Fsp3) is 0.588. The van der Waals surface area contributed by atoms with Crippen molar-refractivity contribution in [3.63, 3.8) is 0 Å². The Morgan fingerprint density at radius 1 is 1.38 bits per heavy atom. The Bertz CT molecular complexity index is 524. The number of fused-ring (bicyclic) bond motifs is 3. The molecule has 0 aliphatic carbocycles. The topological polar surface area (TPSA) is 45.5 Å². The lowest BCUT2D eigenvalue weighted by molar-refractivity contribution is 0.209. The minimum absolute atomic E-state index is 0.515. The maximum absolute atomic E-state index is 8.60. The van der Waals surface area contributed by atoms with Gasteiger partial charge in [0.15, 0.2) is 0 Å². The van der Waals surface area contributed by atoms with Gasteiger partial charge in [0.25, 0.3) is 0 Å². The smallest absolute Gasteiger partial charge is 0.126 e. The molecule has 0 spiro atoms. The van der Waals surface area contributed by atoms with Crippen LogP contribution in [0.5, 0.6) is 11.5 Å². The van der Waals surface area contributed by atoms with Crippen LogP contribution in [0.1, 0.15) is 30.7 Å². The lowest BCUT2D eigenvalue weighted by Gasteiger charge is -2.29. The Labute approximate surface area is 126 Å². The van der Waals surface area contributed by atoms with Gasteiger partial charge >= 0.3 is 0 Å². The third-order valence-corrected chi connectivity index (χ3v) is 4.60. The summed E-state index contributed by atoms with van der Waals surface area (Å²) in [7, 11) is 1.73. The highest BCUT2D eigenvalue weighted by Gasteiger charge is 2.40. The lowest BCUT2D eigenvalue weighted by Crippen LogP contribution is -2.25. The summed E-state index contributed by atoms with van der Waals surface area (Å²) >= 11 is 0. The van der Waals surface area contributed by atoms with Gasteiger partial charge in [-0.1, -0.05) is 6.07 Å². The van der Waals surface area contributed by atoms with Crippen LogP contribution in [0.15, 0.2) is 18.2 Å². The second-order valence-corrected chi connectivity index (χ2v) is 5.92. The molecule has 0 unspecified atom stereocenters. The van der Waals surface area contributed by atoms with Gasteiger partial charge in [-0.05, 0) is 31.5 Å². The van der Waals surface area contributed by atoms with E-state index in [9.17, 15) is 0 Å². The minimum Gasteiger partial charge on any atom is -0.496 e. The molecule has 1 aromatic carbocycles. The zero-order valence-electron chi connectivity index (χ0n) is 12.5. The molecule has 0 N–H and O–H groups in total. The normalized spacial score (nSPS) is 23.8. The summed E-state index contributed by atoms with van der Waals surface area (Å²) in [6.07, 6.45) is 2.77. The highest BCUT2D eigenvalue weighted by atomic mass is 16.5. The standard InChI is InChI=1S/C17H22N2O2/c1-20-15-6-5-7-16-17(15)14-11-19(9-4-2-3-8-18)10-13(14)12-21-16/h5-7,13-14H,2-4,9-12H2,1H3/t13-,14-/m0/s1. The Balaban J connectivity index is 1.69. The van der Waals surface area contributed by atoms with Crippen LogP contribution in [0.4, 0.5) is 0 Å². The first-order chi connectivity index (χ1) is 10.3. The monoisotopic (exact) mass is 286 g/mol. The molecular weight excluding hydrogens is 264 g/mol. The zero-order chi connectivity index (χ0) is 14.7. The van der Waals surface area contributed by atoms with Gasteiger partial charge in [0.2, 0.25) is 0 Å². The molecule has 3 rings (SSSR count). The Morgan fingerprint density at radius 2 is 2.29 bits per heavy atom. The number of hydrogen-bond acceptors (Lipinski definition) is 4. The van der Waals surface area contributed by atoms with Crippen molar-refractivity contribution in [1.82, 2.24) is 4.90 Å². The minimum atomic E-state index is 0.515. The predicted molar refractivity (Wildman–Crippen MR) is 80.6 cm³/mol. The van der Waals surface area contributed by atoms with Crippen LogP contribution < -0.4 is 9.47 Å². The quantitative estimate of drug-likeness (QED) is 0.781. The van der Waals surface area contributed by atoms with Crippen LogP contribution in [0.25, 0.3) is 0 Å². The maximum Gasteiger partial charge on any atom is 0.126 e. The maximum atomic E-state index is 8.60. The first-order valence-corrected chi connectivity index (χ1v) is 7.72. The van der Waals surface area contributed by atoms with Crippen LogP contribution in [-0.2, 0) is 0 Å². The molecule has 4 heteroatoms. The van der Waals surface area contributed by atoms with E-state index in [2.05, 4.69) is 11.0 Å². The van der Waals surface area contributed by atoms with Crippen molar-refractivity contribution in [1.29, 1.82) is 5.26 Å². The van der Waals surface area contributed by atoms with Crippen molar-refractivity contribution in [3.8, 4) is 17.6 Å². The van der Waals surface area contributed by atoms with Gasteiger partial charge in [0.1, 0.15) is 11.5 Å². The van der Waals surface area contributed by atoms with Crippen molar-refractivity contribution in [2.75, 3.05) is 33.4 Å². The number of hydrogen-bond donors (Lipinski definition) is 0. The molecule has 1 fully saturated rings. The predicted octanol–water partition coefficient (Wildman–Crippen LogP) is 2.80. The van der Waals surface area contributed by atoms with E-state index in [1.165, 1.54) is 5.56 Å². The average molecular weight is 286 g/mol. The molecular formula is C17H22N2O2. The van der Waals surface area contributed by atoms with Gasteiger partial charge in [-0.15, -0.1) is 0 Å². The molecule has 2 atom stereocenters. The first kappa shape index (κ1) is 14.2. The van der Waals surface area contributed by atoms with Gasteiger partial charge in [-0.2, -0.15) is 5.26 Å². The number of rotatable bonds is 5. The third-order valence-electron chi connectivity index (χ3n) is 4.60. The van der Waals surface area contributed by atoms with Gasteiger partial charge < -0.3 is 14.4 Å². The molecule has 1 saturated heterocycles. The van der Waals surface area contributed by atoms with Gasteiger partial charge in [-0.25, -0.2) is 0 Å². The van der Waals surface area contributed by atoms with Gasteiger partial charge in [0.05, 0.1) is 19.8 Å². The highest BCUT2D eigenvalue weighted by molar-refractivity contribution is 5.49. The SMILES string of the molecule is COc1cccc2c1[C@H]1CN(CCCCC#N)C[C@H]1CO2. The van der Waals surface area contributed by atoms with E-state index in [1.54, 1.807) is 7.11 Å². The lowest BCUT2D eigenvalue weighted by atomic mass is 9.86. The molecule has 0 aromatic heterocycles. The number of likely N-dealkylation sites (tertiary alicyclic amines) is 1. The van der Waals surface area contributed by atoms with Crippen LogP contribution in [0, 0.1) is 17.2 Å². The first-order valence-electron chi connectivity index (χ1n) is 7.72. The summed E-state index contributed by atoms with van der Waals surface area (Å²) in [5.41, 5.74) is 1.25. The van der Waals surface area contributed by atoms with Crippen molar-refractivity contribution in [2.45, 2.75) is 25.2 Å². The van der Waals surface area contributed by atoms with E-state index in [-0.39, 0.29) is 0 Å². The van der Waals surface area contributed by atoms with E-state index in [1.807, 2.05) is 18.2 Å². The fourth-order valence-electron chi connectivity index (χ4n) is 3.57. The summed E-state index contributed by atoms with van der Waals surface area (Å²) in [4.78, 5) is 2.51. The summed E-state index contributed by atoms with van der Waals surface area (Å²) in [5.74, 6) is 3.01. The molecule has 2 aliphatic rings. The van der Waals surface area contributed by atoms with E-state index in [0.717, 1.165) is 50.6 Å². The average Bonchev–Trinajstić information content (AvgIpc) is 2.94. The largest absolute Gasteiger partial charge is 0.496 e. The number of methoxy groups -OCH3 is 1. The van der Waals surface area contributed by atoms with E-state index < -0.39 is 0 Å². The summed E-state index contributed by atoms with van der Waals surface area (Å²) in [5, 5.41) is 8.60. The molecule has 1 aromatic rings. The summed E-state index contributed by atoms with van der Waals surface area (Å²) < 4.78 is 11.5. The summed E-state index contributed by atoms with van der Waals surface area (Å²) in [6.45, 7) is 4.06. The molecule has 21 heavy (non-hydrogen) atoms. The van der Waals surface area contributed by atoms with E-state index >= 15 is 0 Å². The number of unbranched alkanes of at least 4 members (excludes halogenated alkanes) is 2. The molecule has 2 heterocycles. The highest BCUT2D eigenvalue weighted by Crippen LogP contribution is 2.45. The number of benzene rings is 1. The number of ether oxygens (including phenoxy) is 2. The third kappa shape index (κ3) is 2.84. The molecule has 2 aliphatic heterocycles. The number of nitriles is 1. The van der Waals surface area contributed by atoms with E-state index in [4.69, 9.17) is 14.7 Å². The molecule has 0 radical (unpaired) electrons. The van der Waals surface area contributed by atoms with Crippen molar-refractivity contribution in [2.24, 2.45) is 5.92 Å². The van der Waals surface area contributed by atoms with Gasteiger partial charge in [0, 0.05) is 36.9 Å². The molecule has 0 amide bonds. The molecule has 4 nitrogen and oxygen atoms in total. The Morgan fingerprint density at radius 3 is 3.10 bits per heavy atom. The van der Waals surface area contributed by atoms with Gasteiger partial charge in [-0.3, -0.25) is 0 Å². The molecule has 112 valence electrons. The second-order valence-electron chi connectivity index (χ2n) is 5.92. The van der Waals surface area contributed by atoms with Crippen LogP contribution in [-0.4, -0.2) is 38.3 Å². The molecule has 0 saturated carbocycles. The van der Waals surface area contributed by atoms with Crippen molar-refractivity contribution >= 4 is 0 Å². The Hall–Kier alpha value is -1.73. The zero-order valence-corrected chi connectivity index (χ0v) is 12.5. The summed E-state index contributed by atoms with van der Waals surface area (Å²) in [6, 6.07) is 8.28. The van der Waals surface area contributed by atoms with E-state index in [0.29, 0.717) is 18.3 Å². The Kier molecular flexibility index (Phi) is 4.31. The van der Waals surface area contributed by atoms with Crippen molar-refractivity contribution in [3.05, 3.63) is 23.8 Å². The van der Waals surface area contributed by atoms with Crippen LogP contribution in [0.3, 0.4) is 0 Å². The van der Waals surface area contributed by atoms with Crippen LogP contribution in [0.2, 0.25) is 0 Å². The number of nitrogens with zero attached hydrogens (tertiary/aromatic N) is 2.